The second-order valence-electron chi connectivity index (χ2n) is 6.89. The highest BCUT2D eigenvalue weighted by atomic mass is 35.5. The summed E-state index contributed by atoms with van der Waals surface area (Å²) in [7, 11) is 1.47. The molecule has 27 heavy (non-hydrogen) atoms. The molecular formula is C22H26ClNO3. The molecule has 5 heteroatoms. The fourth-order valence-corrected chi connectivity index (χ4v) is 3.84. The number of piperidine rings is 1. The van der Waals surface area contributed by atoms with Crippen molar-refractivity contribution in [3.63, 3.8) is 0 Å². The van der Waals surface area contributed by atoms with Crippen LogP contribution >= 0.6 is 11.6 Å². The molecule has 0 spiro atoms. The fourth-order valence-electron chi connectivity index (χ4n) is 3.72. The van der Waals surface area contributed by atoms with E-state index >= 15 is 0 Å². The summed E-state index contributed by atoms with van der Waals surface area (Å²) in [6.07, 6.45) is 1.86. The monoisotopic (exact) mass is 387 g/mol. The number of rotatable bonds is 7. The van der Waals surface area contributed by atoms with Gasteiger partial charge in [-0.1, -0.05) is 41.9 Å². The van der Waals surface area contributed by atoms with Gasteiger partial charge in [0.25, 0.3) is 0 Å². The summed E-state index contributed by atoms with van der Waals surface area (Å²) in [5.74, 6) is 0.776. The number of hydrogen-bond acceptors (Lipinski definition) is 4. The maximum atomic E-state index is 12.4. The van der Waals surface area contributed by atoms with Crippen LogP contribution in [-0.4, -0.2) is 44.2 Å². The smallest absolute Gasteiger partial charge is 0.310 e. The maximum Gasteiger partial charge on any atom is 0.310 e. The third kappa shape index (κ3) is 5.47. The summed E-state index contributed by atoms with van der Waals surface area (Å²) in [6, 6.07) is 17.7. The Kier molecular flexibility index (Phi) is 7.13. The summed E-state index contributed by atoms with van der Waals surface area (Å²) in [5, 5.41) is 0.712. The molecule has 0 aliphatic carbocycles. The van der Waals surface area contributed by atoms with Gasteiger partial charge in [-0.25, -0.2) is 0 Å². The Labute approximate surface area is 166 Å². The third-order valence-electron chi connectivity index (χ3n) is 5.13. The highest BCUT2D eigenvalue weighted by Gasteiger charge is 2.35. The van der Waals surface area contributed by atoms with E-state index in [9.17, 15) is 4.79 Å². The van der Waals surface area contributed by atoms with Gasteiger partial charge in [0.05, 0.1) is 19.6 Å². The van der Waals surface area contributed by atoms with Crippen LogP contribution in [0, 0.1) is 5.92 Å². The van der Waals surface area contributed by atoms with Gasteiger partial charge in [0, 0.05) is 18.1 Å². The van der Waals surface area contributed by atoms with Gasteiger partial charge in [0.2, 0.25) is 0 Å². The first-order valence-electron chi connectivity index (χ1n) is 9.41. The van der Waals surface area contributed by atoms with Gasteiger partial charge in [-0.15, -0.1) is 0 Å². The summed E-state index contributed by atoms with van der Waals surface area (Å²) in [4.78, 5) is 14.7. The largest absolute Gasteiger partial charge is 0.494 e. The van der Waals surface area contributed by atoms with Crippen molar-refractivity contribution in [3.05, 3.63) is 65.2 Å². The molecule has 0 amide bonds. The Hall–Kier alpha value is -2.04. The van der Waals surface area contributed by atoms with Gasteiger partial charge >= 0.3 is 5.97 Å². The van der Waals surface area contributed by atoms with Crippen LogP contribution < -0.4 is 4.74 Å². The number of hydrogen-bond donors (Lipinski definition) is 0. The number of para-hydroxylation sites is 1. The van der Waals surface area contributed by atoms with Crippen LogP contribution in [-0.2, 0) is 9.53 Å². The molecule has 0 N–H and O–H groups in total. The van der Waals surface area contributed by atoms with Crippen molar-refractivity contribution in [3.8, 4) is 5.75 Å². The van der Waals surface area contributed by atoms with Gasteiger partial charge in [-0.3, -0.25) is 4.79 Å². The van der Waals surface area contributed by atoms with Crippen LogP contribution in [0.5, 0.6) is 5.75 Å². The third-order valence-corrected chi connectivity index (χ3v) is 5.38. The summed E-state index contributed by atoms with van der Waals surface area (Å²) in [6.45, 7) is 3.26. The van der Waals surface area contributed by atoms with Crippen molar-refractivity contribution < 1.29 is 14.3 Å². The van der Waals surface area contributed by atoms with Crippen LogP contribution in [0.1, 0.15) is 24.3 Å². The Morgan fingerprint density at radius 1 is 1.15 bits per heavy atom. The minimum atomic E-state index is -0.153. The molecule has 0 bridgehead atoms. The first-order valence-corrected chi connectivity index (χ1v) is 9.78. The van der Waals surface area contributed by atoms with Gasteiger partial charge in [-0.05, 0) is 55.1 Å². The normalized spacial score (nSPS) is 20.2. The van der Waals surface area contributed by atoms with Crippen molar-refractivity contribution in [2.75, 3.05) is 33.4 Å². The molecule has 144 valence electrons. The molecular weight excluding hydrogens is 362 g/mol. The van der Waals surface area contributed by atoms with E-state index in [1.807, 2.05) is 54.6 Å². The highest BCUT2D eigenvalue weighted by molar-refractivity contribution is 6.30. The molecule has 3 rings (SSSR count). The Morgan fingerprint density at radius 3 is 2.59 bits per heavy atom. The van der Waals surface area contributed by atoms with Crippen molar-refractivity contribution in [2.24, 2.45) is 5.92 Å². The lowest BCUT2D eigenvalue weighted by molar-refractivity contribution is -0.148. The van der Waals surface area contributed by atoms with E-state index < -0.39 is 0 Å². The maximum absolute atomic E-state index is 12.4. The van der Waals surface area contributed by atoms with E-state index in [0.717, 1.165) is 37.2 Å². The zero-order chi connectivity index (χ0) is 19.1. The second kappa shape index (κ2) is 9.77. The van der Waals surface area contributed by atoms with Gasteiger partial charge in [0.15, 0.2) is 0 Å². The number of likely N-dealkylation sites (tertiary alicyclic amines) is 1. The van der Waals surface area contributed by atoms with Crippen molar-refractivity contribution >= 4 is 17.6 Å². The van der Waals surface area contributed by atoms with Crippen LogP contribution in [0.4, 0.5) is 0 Å². The summed E-state index contributed by atoms with van der Waals surface area (Å²) < 4.78 is 10.8. The Morgan fingerprint density at radius 2 is 1.89 bits per heavy atom. The van der Waals surface area contributed by atoms with E-state index in [1.165, 1.54) is 7.11 Å². The number of esters is 1. The topological polar surface area (TPSA) is 38.8 Å². The predicted octanol–water partition coefficient (Wildman–Crippen LogP) is 4.39. The molecule has 0 saturated carbocycles. The predicted molar refractivity (Wildman–Crippen MR) is 107 cm³/mol. The Bertz CT molecular complexity index is 720. The van der Waals surface area contributed by atoms with Crippen LogP contribution in [0.3, 0.4) is 0 Å². The van der Waals surface area contributed by atoms with Gasteiger partial charge < -0.3 is 14.4 Å². The molecule has 1 heterocycles. The number of carbonyl (C=O) groups is 1. The number of halogens is 1. The SMILES string of the molecule is COC(=O)C1CN(CCCOc2ccccc2)CCC1c1ccc(Cl)cc1. The quantitative estimate of drug-likeness (QED) is 0.521. The fraction of sp³-hybridized carbons (Fsp3) is 0.409. The molecule has 1 aliphatic rings. The van der Waals surface area contributed by atoms with Crippen LogP contribution in [0.25, 0.3) is 0 Å². The minimum absolute atomic E-state index is 0.139. The first-order chi connectivity index (χ1) is 13.2. The van der Waals surface area contributed by atoms with Gasteiger partial charge in [-0.2, -0.15) is 0 Å². The molecule has 2 atom stereocenters. The van der Waals surface area contributed by atoms with Crippen LogP contribution in [0.2, 0.25) is 5.02 Å². The molecule has 2 unspecified atom stereocenters. The van der Waals surface area contributed by atoms with Crippen molar-refractivity contribution in [1.29, 1.82) is 0 Å². The number of carbonyl (C=O) groups excluding carboxylic acids is 1. The molecule has 2 aromatic carbocycles. The van der Waals surface area contributed by atoms with Gasteiger partial charge in [0.1, 0.15) is 5.75 Å². The number of benzene rings is 2. The van der Waals surface area contributed by atoms with Crippen molar-refractivity contribution in [2.45, 2.75) is 18.8 Å². The van der Waals surface area contributed by atoms with E-state index in [-0.39, 0.29) is 17.8 Å². The number of methoxy groups -OCH3 is 1. The van der Waals surface area contributed by atoms with Crippen molar-refractivity contribution in [1.82, 2.24) is 4.90 Å². The lowest BCUT2D eigenvalue weighted by atomic mass is 9.80. The lowest BCUT2D eigenvalue weighted by Gasteiger charge is -2.37. The Balaban J connectivity index is 1.54. The van der Waals surface area contributed by atoms with E-state index in [2.05, 4.69) is 4.90 Å². The van der Waals surface area contributed by atoms with E-state index in [4.69, 9.17) is 21.1 Å². The molecule has 1 saturated heterocycles. The zero-order valence-electron chi connectivity index (χ0n) is 15.6. The molecule has 0 radical (unpaired) electrons. The zero-order valence-corrected chi connectivity index (χ0v) is 16.4. The molecule has 0 aromatic heterocycles. The number of ether oxygens (including phenoxy) is 2. The summed E-state index contributed by atoms with van der Waals surface area (Å²) in [5.41, 5.74) is 1.15. The average Bonchev–Trinajstić information content (AvgIpc) is 2.72. The highest BCUT2D eigenvalue weighted by Crippen LogP contribution is 2.34. The standard InChI is InChI=1S/C22H26ClNO3/c1-26-22(25)21-16-24(13-5-15-27-19-6-3-2-4-7-19)14-12-20(21)17-8-10-18(23)11-9-17/h2-4,6-11,20-21H,5,12-16H2,1H3. The van der Waals surface area contributed by atoms with E-state index in [1.54, 1.807) is 0 Å². The summed E-state index contributed by atoms with van der Waals surface area (Å²) >= 11 is 6.00. The molecule has 2 aromatic rings. The van der Waals surface area contributed by atoms with Crippen LogP contribution in [0.15, 0.2) is 54.6 Å². The molecule has 4 nitrogen and oxygen atoms in total. The minimum Gasteiger partial charge on any atom is -0.494 e. The molecule has 1 aliphatic heterocycles. The number of nitrogens with zero attached hydrogens (tertiary/aromatic N) is 1. The van der Waals surface area contributed by atoms with E-state index in [0.29, 0.717) is 18.2 Å². The first kappa shape index (κ1) is 19.7. The second-order valence-corrected chi connectivity index (χ2v) is 7.33. The lowest BCUT2D eigenvalue weighted by Crippen LogP contribution is -2.43. The average molecular weight is 388 g/mol. The molecule has 1 fully saturated rings.